The molecule has 1 aliphatic rings. The Balaban J connectivity index is 1.93. The standard InChI is InChI=1S/C15H19NO4/c1-2-18-10-13-6-4-3-5-12(13)9-16-15(17)14-11-19-7-8-20-14/h3-6,11H,2,7-10H2,1H3,(H,16,17). The van der Waals surface area contributed by atoms with Crippen molar-refractivity contribution in [2.75, 3.05) is 19.8 Å². The number of carbonyl (C=O) groups is 1. The molecule has 20 heavy (non-hydrogen) atoms. The molecule has 0 radical (unpaired) electrons. The predicted molar refractivity (Wildman–Crippen MR) is 73.6 cm³/mol. The molecule has 1 aromatic rings. The van der Waals surface area contributed by atoms with E-state index in [4.69, 9.17) is 14.2 Å². The molecule has 0 saturated heterocycles. The summed E-state index contributed by atoms with van der Waals surface area (Å²) in [6.07, 6.45) is 1.35. The fraction of sp³-hybridized carbons (Fsp3) is 0.400. The van der Waals surface area contributed by atoms with Gasteiger partial charge in [-0.2, -0.15) is 0 Å². The molecule has 1 N–H and O–H groups in total. The highest BCUT2D eigenvalue weighted by molar-refractivity contribution is 5.91. The van der Waals surface area contributed by atoms with Crippen molar-refractivity contribution >= 4 is 5.91 Å². The van der Waals surface area contributed by atoms with Crippen molar-refractivity contribution in [1.29, 1.82) is 0 Å². The Kier molecular flexibility index (Phi) is 5.43. The van der Waals surface area contributed by atoms with E-state index in [0.29, 0.717) is 33.0 Å². The lowest BCUT2D eigenvalue weighted by atomic mass is 10.1. The summed E-state index contributed by atoms with van der Waals surface area (Å²) in [5.41, 5.74) is 2.11. The summed E-state index contributed by atoms with van der Waals surface area (Å²) in [5, 5.41) is 2.82. The van der Waals surface area contributed by atoms with Crippen LogP contribution in [0.5, 0.6) is 0 Å². The minimum atomic E-state index is -0.268. The van der Waals surface area contributed by atoms with Crippen LogP contribution < -0.4 is 5.32 Å². The number of rotatable bonds is 6. The molecule has 0 fully saturated rings. The van der Waals surface area contributed by atoms with Crippen LogP contribution >= 0.6 is 0 Å². The van der Waals surface area contributed by atoms with Crippen LogP contribution in [0.3, 0.4) is 0 Å². The third-order valence-electron chi connectivity index (χ3n) is 2.89. The molecule has 1 amide bonds. The van der Waals surface area contributed by atoms with E-state index in [2.05, 4.69) is 5.32 Å². The fourth-order valence-corrected chi connectivity index (χ4v) is 1.83. The fourth-order valence-electron chi connectivity index (χ4n) is 1.83. The zero-order valence-electron chi connectivity index (χ0n) is 11.6. The van der Waals surface area contributed by atoms with Crippen molar-refractivity contribution in [2.45, 2.75) is 20.1 Å². The second-order valence-electron chi connectivity index (χ2n) is 4.29. The lowest BCUT2D eigenvalue weighted by molar-refractivity contribution is -0.122. The largest absolute Gasteiger partial charge is 0.494 e. The van der Waals surface area contributed by atoms with Crippen LogP contribution in [0.25, 0.3) is 0 Å². The maximum atomic E-state index is 11.9. The molecule has 0 aromatic heterocycles. The molecular weight excluding hydrogens is 258 g/mol. The van der Waals surface area contributed by atoms with Gasteiger partial charge in [0.25, 0.3) is 5.91 Å². The molecule has 0 bridgehead atoms. The van der Waals surface area contributed by atoms with Gasteiger partial charge in [0.1, 0.15) is 19.5 Å². The number of hydrogen-bond acceptors (Lipinski definition) is 4. The van der Waals surface area contributed by atoms with Gasteiger partial charge in [0.05, 0.1) is 6.61 Å². The summed E-state index contributed by atoms with van der Waals surface area (Å²) in [7, 11) is 0. The van der Waals surface area contributed by atoms with Gasteiger partial charge in [-0.25, -0.2) is 0 Å². The Labute approximate surface area is 118 Å². The Morgan fingerprint density at radius 1 is 1.30 bits per heavy atom. The Bertz CT molecular complexity index is 485. The lowest BCUT2D eigenvalue weighted by Gasteiger charge is -2.15. The molecule has 0 spiro atoms. The van der Waals surface area contributed by atoms with E-state index >= 15 is 0 Å². The smallest absolute Gasteiger partial charge is 0.289 e. The number of carbonyl (C=O) groups excluding carboxylic acids is 1. The van der Waals surface area contributed by atoms with Gasteiger partial charge in [-0.05, 0) is 18.1 Å². The van der Waals surface area contributed by atoms with Gasteiger partial charge in [0.15, 0.2) is 0 Å². The zero-order valence-corrected chi connectivity index (χ0v) is 11.6. The van der Waals surface area contributed by atoms with Crippen molar-refractivity contribution < 1.29 is 19.0 Å². The highest BCUT2D eigenvalue weighted by Gasteiger charge is 2.14. The Hall–Kier alpha value is -2.01. The second-order valence-corrected chi connectivity index (χ2v) is 4.29. The number of hydrogen-bond donors (Lipinski definition) is 1. The van der Waals surface area contributed by atoms with Crippen molar-refractivity contribution in [3.05, 3.63) is 47.4 Å². The predicted octanol–water partition coefficient (Wildman–Crippen LogP) is 1.73. The first-order chi connectivity index (χ1) is 9.81. The van der Waals surface area contributed by atoms with E-state index < -0.39 is 0 Å². The van der Waals surface area contributed by atoms with E-state index in [0.717, 1.165) is 11.1 Å². The van der Waals surface area contributed by atoms with Gasteiger partial charge in [-0.3, -0.25) is 4.79 Å². The molecule has 0 atom stereocenters. The van der Waals surface area contributed by atoms with E-state index in [9.17, 15) is 4.79 Å². The molecule has 5 heteroatoms. The van der Waals surface area contributed by atoms with Crippen LogP contribution in [0.2, 0.25) is 0 Å². The number of amides is 1. The Morgan fingerprint density at radius 2 is 2.10 bits per heavy atom. The maximum absolute atomic E-state index is 11.9. The number of ether oxygens (including phenoxy) is 3. The lowest BCUT2D eigenvalue weighted by Crippen LogP contribution is -2.28. The molecule has 1 heterocycles. The summed E-state index contributed by atoms with van der Waals surface area (Å²) in [5.74, 6) is -0.0468. The molecular formula is C15H19NO4. The molecule has 108 valence electrons. The maximum Gasteiger partial charge on any atom is 0.289 e. The minimum Gasteiger partial charge on any atom is -0.494 e. The first kappa shape index (κ1) is 14.4. The normalized spacial score (nSPS) is 13.9. The van der Waals surface area contributed by atoms with Gasteiger partial charge in [-0.1, -0.05) is 24.3 Å². The molecule has 1 aromatic carbocycles. The second kappa shape index (κ2) is 7.55. The van der Waals surface area contributed by atoms with Crippen molar-refractivity contribution in [3.8, 4) is 0 Å². The quantitative estimate of drug-likeness (QED) is 0.860. The van der Waals surface area contributed by atoms with E-state index in [1.807, 2.05) is 31.2 Å². The average molecular weight is 277 g/mol. The van der Waals surface area contributed by atoms with Crippen LogP contribution in [0.15, 0.2) is 36.3 Å². The minimum absolute atomic E-state index is 0.221. The first-order valence-corrected chi connectivity index (χ1v) is 6.68. The SMILES string of the molecule is CCOCc1ccccc1CNC(=O)C1=COCCO1. The molecule has 0 aliphatic carbocycles. The Morgan fingerprint density at radius 3 is 2.80 bits per heavy atom. The molecule has 0 saturated carbocycles. The molecule has 2 rings (SSSR count). The number of nitrogens with one attached hydrogen (secondary N) is 1. The molecule has 1 aliphatic heterocycles. The van der Waals surface area contributed by atoms with Gasteiger partial charge in [-0.15, -0.1) is 0 Å². The van der Waals surface area contributed by atoms with Crippen molar-refractivity contribution in [3.63, 3.8) is 0 Å². The summed E-state index contributed by atoms with van der Waals surface area (Å²) in [4.78, 5) is 11.9. The molecule has 0 unspecified atom stereocenters. The van der Waals surface area contributed by atoms with Gasteiger partial charge in [0, 0.05) is 13.2 Å². The highest BCUT2D eigenvalue weighted by atomic mass is 16.6. The summed E-state index contributed by atoms with van der Waals surface area (Å²) >= 11 is 0. The van der Waals surface area contributed by atoms with Crippen LogP contribution in [0.1, 0.15) is 18.1 Å². The van der Waals surface area contributed by atoms with E-state index in [-0.39, 0.29) is 11.7 Å². The number of benzene rings is 1. The monoisotopic (exact) mass is 277 g/mol. The van der Waals surface area contributed by atoms with E-state index in [1.165, 1.54) is 6.26 Å². The van der Waals surface area contributed by atoms with Crippen molar-refractivity contribution in [1.82, 2.24) is 5.32 Å². The highest BCUT2D eigenvalue weighted by Crippen LogP contribution is 2.11. The topological polar surface area (TPSA) is 56.8 Å². The zero-order chi connectivity index (χ0) is 14.2. The van der Waals surface area contributed by atoms with E-state index in [1.54, 1.807) is 0 Å². The molecule has 5 nitrogen and oxygen atoms in total. The third kappa shape index (κ3) is 3.99. The summed E-state index contributed by atoms with van der Waals surface area (Å²) in [6, 6.07) is 7.87. The first-order valence-electron chi connectivity index (χ1n) is 6.68. The van der Waals surface area contributed by atoms with Crippen molar-refractivity contribution in [2.24, 2.45) is 0 Å². The van der Waals surface area contributed by atoms with Gasteiger partial charge < -0.3 is 19.5 Å². The van der Waals surface area contributed by atoms with Gasteiger partial charge in [0.2, 0.25) is 5.76 Å². The average Bonchev–Trinajstić information content (AvgIpc) is 2.52. The summed E-state index contributed by atoms with van der Waals surface area (Å²) in [6.45, 7) is 4.48. The van der Waals surface area contributed by atoms with Crippen LogP contribution in [-0.2, 0) is 32.2 Å². The van der Waals surface area contributed by atoms with Gasteiger partial charge >= 0.3 is 0 Å². The summed E-state index contributed by atoms with van der Waals surface area (Å²) < 4.78 is 15.7. The van der Waals surface area contributed by atoms with Crippen LogP contribution in [0, 0.1) is 0 Å². The van der Waals surface area contributed by atoms with Crippen LogP contribution in [0.4, 0.5) is 0 Å². The third-order valence-corrected chi connectivity index (χ3v) is 2.89. The van der Waals surface area contributed by atoms with Crippen LogP contribution in [-0.4, -0.2) is 25.7 Å².